The Balaban J connectivity index is 1.56. The molecule has 0 radical (unpaired) electrons. The van der Waals surface area contributed by atoms with Gasteiger partial charge in [-0.1, -0.05) is 11.3 Å². The number of hydrogen-bond acceptors (Lipinski definition) is 8. The van der Waals surface area contributed by atoms with E-state index in [9.17, 15) is 14.4 Å². The summed E-state index contributed by atoms with van der Waals surface area (Å²) in [7, 11) is 0. The molecule has 1 N–H and O–H groups in total. The lowest BCUT2D eigenvalue weighted by atomic mass is 10.2. The van der Waals surface area contributed by atoms with Gasteiger partial charge in [0.05, 0.1) is 34.7 Å². The van der Waals surface area contributed by atoms with E-state index >= 15 is 0 Å². The van der Waals surface area contributed by atoms with Crippen LogP contribution in [0.1, 0.15) is 34.7 Å². The summed E-state index contributed by atoms with van der Waals surface area (Å²) in [6.07, 6.45) is 1.49. The van der Waals surface area contributed by atoms with Gasteiger partial charge in [0.1, 0.15) is 5.75 Å². The van der Waals surface area contributed by atoms with Crippen LogP contribution in [0, 0.1) is 0 Å². The fraction of sp³-hybridized carbons (Fsp3) is 0.174. The number of aromatic nitrogens is 3. The van der Waals surface area contributed by atoms with E-state index in [-0.39, 0.29) is 17.4 Å². The lowest BCUT2D eigenvalue weighted by Gasteiger charge is -2.08. The number of fused-ring (bicyclic) bond motifs is 1. The number of nitrogens with one attached hydrogen (secondary N) is 1. The zero-order valence-electron chi connectivity index (χ0n) is 17.9. The molecule has 0 saturated carbocycles. The fourth-order valence-corrected chi connectivity index (χ4v) is 3.95. The molecule has 9 nitrogen and oxygen atoms in total. The molecule has 0 saturated heterocycles. The van der Waals surface area contributed by atoms with Crippen molar-refractivity contribution in [1.82, 2.24) is 14.8 Å². The number of anilines is 1. The van der Waals surface area contributed by atoms with E-state index < -0.39 is 17.3 Å². The van der Waals surface area contributed by atoms with Gasteiger partial charge < -0.3 is 9.47 Å². The van der Waals surface area contributed by atoms with E-state index in [1.165, 1.54) is 28.3 Å². The van der Waals surface area contributed by atoms with E-state index in [1.807, 2.05) is 6.92 Å². The normalized spacial score (nSPS) is 10.7. The van der Waals surface area contributed by atoms with Crippen molar-refractivity contribution in [2.45, 2.75) is 13.8 Å². The molecule has 2 aromatic heterocycles. The van der Waals surface area contributed by atoms with Gasteiger partial charge in [0.25, 0.3) is 5.91 Å². The molecule has 2 aromatic carbocycles. The topological polar surface area (TPSA) is 112 Å². The second-order valence-corrected chi connectivity index (χ2v) is 7.81. The SMILES string of the molecule is CCOC(=O)c1ccc2nc(NC(=O)c3nn(-c4ccc(OCC)cc4)ccc3=O)sc2c1. The number of carbonyl (C=O) groups excluding carboxylic acids is 2. The minimum absolute atomic E-state index is 0.266. The van der Waals surface area contributed by atoms with Gasteiger partial charge in [0.2, 0.25) is 5.43 Å². The van der Waals surface area contributed by atoms with E-state index in [4.69, 9.17) is 9.47 Å². The van der Waals surface area contributed by atoms with Crippen molar-refractivity contribution < 1.29 is 19.1 Å². The Morgan fingerprint density at radius 3 is 2.58 bits per heavy atom. The summed E-state index contributed by atoms with van der Waals surface area (Å²) < 4.78 is 12.6. The number of amides is 1. The number of ether oxygens (including phenoxy) is 2. The molecule has 10 heteroatoms. The third kappa shape index (κ3) is 4.90. The van der Waals surface area contributed by atoms with Gasteiger partial charge in [-0.15, -0.1) is 0 Å². The minimum atomic E-state index is -0.676. The second kappa shape index (κ2) is 9.61. The maximum atomic E-state index is 12.8. The highest BCUT2D eigenvalue weighted by Gasteiger charge is 2.17. The Bertz CT molecular complexity index is 1380. The van der Waals surface area contributed by atoms with Crippen molar-refractivity contribution >= 4 is 38.6 Å². The molecule has 0 aliphatic carbocycles. The van der Waals surface area contributed by atoms with E-state index in [1.54, 1.807) is 49.4 Å². The van der Waals surface area contributed by atoms with Crippen molar-refractivity contribution in [2.75, 3.05) is 18.5 Å². The third-order valence-electron chi connectivity index (χ3n) is 4.56. The van der Waals surface area contributed by atoms with Crippen molar-refractivity contribution in [3.05, 3.63) is 76.2 Å². The first-order valence-corrected chi connectivity index (χ1v) is 11.0. The first-order chi connectivity index (χ1) is 16.0. The van der Waals surface area contributed by atoms with Crippen molar-refractivity contribution in [3.63, 3.8) is 0 Å². The highest BCUT2D eigenvalue weighted by atomic mass is 32.1. The third-order valence-corrected chi connectivity index (χ3v) is 5.49. The second-order valence-electron chi connectivity index (χ2n) is 6.78. The summed E-state index contributed by atoms with van der Waals surface area (Å²) in [5.41, 5.74) is 0.891. The standard InChI is InChI=1S/C23H20N4O5S/c1-3-31-16-8-6-15(7-9-16)27-12-11-18(28)20(26-27)21(29)25-23-24-17-10-5-14(13-19(17)33-23)22(30)32-4-2/h5-13H,3-4H2,1-2H3,(H,24,25,29). The lowest BCUT2D eigenvalue weighted by Crippen LogP contribution is -2.25. The first kappa shape index (κ1) is 22.2. The predicted octanol–water partition coefficient (Wildman–Crippen LogP) is 3.67. The Morgan fingerprint density at radius 1 is 1.06 bits per heavy atom. The molecule has 4 rings (SSSR count). The maximum Gasteiger partial charge on any atom is 0.338 e. The molecule has 0 aliphatic rings. The van der Waals surface area contributed by atoms with E-state index in [0.29, 0.717) is 33.8 Å². The van der Waals surface area contributed by atoms with Crippen LogP contribution >= 0.6 is 11.3 Å². The molecule has 33 heavy (non-hydrogen) atoms. The monoisotopic (exact) mass is 464 g/mol. The highest BCUT2D eigenvalue weighted by molar-refractivity contribution is 7.22. The van der Waals surface area contributed by atoms with Gasteiger partial charge in [-0.2, -0.15) is 5.10 Å². The Hall–Kier alpha value is -4.05. The summed E-state index contributed by atoms with van der Waals surface area (Å²) >= 11 is 1.18. The molecular weight excluding hydrogens is 444 g/mol. The Labute approximate surface area is 192 Å². The van der Waals surface area contributed by atoms with Crippen LogP contribution in [-0.2, 0) is 4.74 Å². The largest absolute Gasteiger partial charge is 0.494 e. The number of benzene rings is 2. The number of carbonyl (C=O) groups is 2. The molecule has 2 heterocycles. The molecule has 1 amide bonds. The van der Waals surface area contributed by atoms with Crippen LogP contribution in [0.5, 0.6) is 5.75 Å². The molecular formula is C23H20N4O5S. The molecule has 0 spiro atoms. The lowest BCUT2D eigenvalue weighted by molar-refractivity contribution is 0.0526. The van der Waals surface area contributed by atoms with Crippen LogP contribution in [0.2, 0.25) is 0 Å². The summed E-state index contributed by atoms with van der Waals surface area (Å²) in [5.74, 6) is -0.395. The molecule has 0 unspecified atom stereocenters. The van der Waals surface area contributed by atoms with Crippen LogP contribution in [0.4, 0.5) is 5.13 Å². The number of nitrogens with zero attached hydrogens (tertiary/aromatic N) is 3. The van der Waals surface area contributed by atoms with Gasteiger partial charge in [-0.25, -0.2) is 14.5 Å². The molecule has 0 aliphatic heterocycles. The van der Waals surface area contributed by atoms with Gasteiger partial charge >= 0.3 is 5.97 Å². The average molecular weight is 465 g/mol. The molecule has 168 valence electrons. The zero-order chi connectivity index (χ0) is 23.4. The molecule has 0 fully saturated rings. The van der Waals surface area contributed by atoms with E-state index in [0.717, 1.165) is 0 Å². The number of hydrogen-bond donors (Lipinski definition) is 1. The predicted molar refractivity (Wildman–Crippen MR) is 125 cm³/mol. The molecule has 0 atom stereocenters. The highest BCUT2D eigenvalue weighted by Crippen LogP contribution is 2.27. The van der Waals surface area contributed by atoms with E-state index in [2.05, 4.69) is 15.4 Å². The van der Waals surface area contributed by atoms with Gasteiger partial charge in [-0.3, -0.25) is 14.9 Å². The maximum absolute atomic E-state index is 12.8. The van der Waals surface area contributed by atoms with Crippen molar-refractivity contribution in [1.29, 1.82) is 0 Å². The van der Waals surface area contributed by atoms with Gasteiger partial charge in [0, 0.05) is 12.3 Å². The number of thiazole rings is 1. The van der Waals surface area contributed by atoms with Crippen LogP contribution < -0.4 is 15.5 Å². The van der Waals surface area contributed by atoms with Crippen LogP contribution in [0.3, 0.4) is 0 Å². The van der Waals surface area contributed by atoms with Crippen LogP contribution in [0.25, 0.3) is 15.9 Å². The summed E-state index contributed by atoms with van der Waals surface area (Å²) in [6, 6.07) is 13.3. The number of esters is 1. The molecule has 4 aromatic rings. The van der Waals surface area contributed by atoms with Gasteiger partial charge in [0.15, 0.2) is 10.8 Å². The number of rotatable bonds is 7. The fourth-order valence-electron chi connectivity index (χ4n) is 3.05. The van der Waals surface area contributed by atoms with Crippen LogP contribution in [-0.4, -0.2) is 39.9 Å². The minimum Gasteiger partial charge on any atom is -0.494 e. The smallest absolute Gasteiger partial charge is 0.338 e. The summed E-state index contributed by atoms with van der Waals surface area (Å²) in [4.78, 5) is 41.4. The summed E-state index contributed by atoms with van der Waals surface area (Å²) in [5, 5.41) is 7.10. The van der Waals surface area contributed by atoms with Crippen molar-refractivity contribution in [3.8, 4) is 11.4 Å². The zero-order valence-corrected chi connectivity index (χ0v) is 18.7. The van der Waals surface area contributed by atoms with Crippen LogP contribution in [0.15, 0.2) is 59.5 Å². The first-order valence-electron chi connectivity index (χ1n) is 10.2. The Morgan fingerprint density at radius 2 is 1.85 bits per heavy atom. The van der Waals surface area contributed by atoms with Gasteiger partial charge in [-0.05, 0) is 56.3 Å². The van der Waals surface area contributed by atoms with Crippen molar-refractivity contribution in [2.24, 2.45) is 0 Å². The summed E-state index contributed by atoms with van der Waals surface area (Å²) in [6.45, 7) is 4.46. The Kier molecular flexibility index (Phi) is 6.45. The quantitative estimate of drug-likeness (QED) is 0.415. The average Bonchev–Trinajstić information content (AvgIpc) is 3.21. The molecule has 0 bridgehead atoms.